The lowest BCUT2D eigenvalue weighted by Crippen LogP contribution is -2.31. The molecule has 0 aliphatic carbocycles. The third kappa shape index (κ3) is 2.82. The number of hydrogen-bond donors (Lipinski definition) is 1. The molecule has 2 N–H and O–H groups in total. The van der Waals surface area contributed by atoms with Gasteiger partial charge in [-0.1, -0.05) is 6.07 Å². The zero-order valence-corrected chi connectivity index (χ0v) is 11.2. The van der Waals surface area contributed by atoms with Crippen molar-refractivity contribution in [1.82, 2.24) is 4.31 Å². The van der Waals surface area contributed by atoms with Gasteiger partial charge in [-0.05, 0) is 24.6 Å². The molecule has 0 aromatic heterocycles. The minimum Gasteiger partial charge on any atom is -0.326 e. The summed E-state index contributed by atoms with van der Waals surface area (Å²) in [6.07, 6.45) is 0.678. The number of halogens is 1. The Labute approximate surface area is 113 Å². The Morgan fingerprint density at radius 3 is 2.72 bits per heavy atom. The van der Waals surface area contributed by atoms with Gasteiger partial charge in [-0.25, -0.2) is 8.42 Å². The van der Waals surface area contributed by atoms with Crippen LogP contribution in [-0.4, -0.2) is 31.9 Å². The van der Waals surface area contributed by atoms with Gasteiger partial charge >= 0.3 is 0 Å². The molecule has 7 heteroatoms. The predicted molar refractivity (Wildman–Crippen MR) is 69.8 cm³/mol. The van der Waals surface area contributed by atoms with Crippen molar-refractivity contribution in [3.05, 3.63) is 29.8 Å². The van der Waals surface area contributed by atoms with E-state index in [-0.39, 0.29) is 23.3 Å². The maximum atomic E-state index is 12.2. The molecule has 1 saturated heterocycles. The van der Waals surface area contributed by atoms with Gasteiger partial charge in [0.1, 0.15) is 0 Å². The normalized spacial score (nSPS) is 20.1. The fourth-order valence-corrected chi connectivity index (χ4v) is 3.41. The van der Waals surface area contributed by atoms with Crippen molar-refractivity contribution in [2.75, 3.05) is 13.1 Å². The Morgan fingerprint density at radius 2 is 2.17 bits per heavy atom. The molecular formula is C11H14ClN3O2S. The number of benzene rings is 1. The van der Waals surface area contributed by atoms with Crippen LogP contribution in [0.1, 0.15) is 12.0 Å². The summed E-state index contributed by atoms with van der Waals surface area (Å²) in [6.45, 7) is 0.791. The lowest BCUT2D eigenvalue weighted by Gasteiger charge is -2.15. The van der Waals surface area contributed by atoms with Gasteiger partial charge in [-0.2, -0.15) is 9.57 Å². The smallest absolute Gasteiger partial charge is 0.243 e. The molecular weight excluding hydrogens is 274 g/mol. The van der Waals surface area contributed by atoms with Crippen LogP contribution in [0.2, 0.25) is 0 Å². The van der Waals surface area contributed by atoms with E-state index in [0.717, 1.165) is 0 Å². The molecule has 0 unspecified atom stereocenters. The largest absolute Gasteiger partial charge is 0.326 e. The molecule has 0 bridgehead atoms. The average molecular weight is 288 g/mol. The van der Waals surface area contributed by atoms with Crippen LogP contribution in [0.25, 0.3) is 0 Å². The molecule has 18 heavy (non-hydrogen) atoms. The maximum Gasteiger partial charge on any atom is 0.243 e. The van der Waals surface area contributed by atoms with Crippen molar-refractivity contribution >= 4 is 22.4 Å². The summed E-state index contributed by atoms with van der Waals surface area (Å²) in [4.78, 5) is 0.158. The van der Waals surface area contributed by atoms with Gasteiger partial charge in [0.2, 0.25) is 10.0 Å². The molecule has 1 atom stereocenters. The topological polar surface area (TPSA) is 87.2 Å². The molecule has 98 valence electrons. The van der Waals surface area contributed by atoms with Crippen LogP contribution in [0.4, 0.5) is 0 Å². The highest BCUT2D eigenvalue weighted by Gasteiger charge is 2.30. The van der Waals surface area contributed by atoms with Crippen molar-refractivity contribution in [1.29, 1.82) is 5.26 Å². The van der Waals surface area contributed by atoms with Crippen LogP contribution in [0.5, 0.6) is 0 Å². The number of sulfonamides is 1. The van der Waals surface area contributed by atoms with E-state index in [9.17, 15) is 8.42 Å². The van der Waals surface area contributed by atoms with E-state index < -0.39 is 10.0 Å². The highest BCUT2D eigenvalue weighted by atomic mass is 35.5. The first kappa shape index (κ1) is 14.9. The number of nitriles is 1. The second-order valence-corrected chi connectivity index (χ2v) is 5.99. The summed E-state index contributed by atoms with van der Waals surface area (Å²) in [6, 6.07) is 7.87. The van der Waals surface area contributed by atoms with E-state index in [1.54, 1.807) is 12.1 Å². The molecule has 0 amide bonds. The molecule has 1 aromatic rings. The summed E-state index contributed by atoms with van der Waals surface area (Å²) in [5.41, 5.74) is 6.04. The number of nitrogens with two attached hydrogens (primary N) is 1. The van der Waals surface area contributed by atoms with Crippen LogP contribution in [0.3, 0.4) is 0 Å². The Hall–Kier alpha value is -1.13. The first-order valence-corrected chi connectivity index (χ1v) is 6.74. The molecule has 0 saturated carbocycles. The minimum absolute atomic E-state index is 0. The Balaban J connectivity index is 0.00000162. The number of nitrogens with zero attached hydrogens (tertiary/aromatic N) is 2. The lowest BCUT2D eigenvalue weighted by molar-refractivity contribution is 0.472. The van der Waals surface area contributed by atoms with Crippen molar-refractivity contribution < 1.29 is 8.42 Å². The zero-order chi connectivity index (χ0) is 12.5. The predicted octanol–water partition coefficient (Wildman–Crippen LogP) is 0.702. The SMILES string of the molecule is Cl.N#Cc1cccc(S(=O)(=O)N2CC[C@@H](N)C2)c1. The number of rotatable bonds is 2. The Bertz CT molecular complexity index is 568. The third-order valence-corrected chi connectivity index (χ3v) is 4.65. The van der Waals surface area contributed by atoms with Crippen LogP contribution in [0.15, 0.2) is 29.2 Å². The summed E-state index contributed by atoms with van der Waals surface area (Å²) in [7, 11) is -3.50. The minimum atomic E-state index is -3.50. The second-order valence-electron chi connectivity index (χ2n) is 4.05. The molecule has 1 fully saturated rings. The monoisotopic (exact) mass is 287 g/mol. The summed E-state index contributed by atoms with van der Waals surface area (Å²) in [5.74, 6) is 0. The lowest BCUT2D eigenvalue weighted by atomic mass is 10.2. The van der Waals surface area contributed by atoms with E-state index in [1.807, 2.05) is 6.07 Å². The summed E-state index contributed by atoms with van der Waals surface area (Å²) >= 11 is 0. The third-order valence-electron chi connectivity index (χ3n) is 2.79. The molecule has 1 aromatic carbocycles. The van der Waals surface area contributed by atoms with Gasteiger partial charge in [-0.15, -0.1) is 12.4 Å². The Morgan fingerprint density at radius 1 is 1.44 bits per heavy atom. The maximum absolute atomic E-state index is 12.2. The molecule has 0 spiro atoms. The first-order chi connectivity index (χ1) is 8.04. The van der Waals surface area contributed by atoms with Crippen molar-refractivity contribution in [2.45, 2.75) is 17.4 Å². The molecule has 0 radical (unpaired) electrons. The van der Waals surface area contributed by atoms with Gasteiger partial charge < -0.3 is 5.73 Å². The van der Waals surface area contributed by atoms with Gasteiger partial charge in [-0.3, -0.25) is 0 Å². The quantitative estimate of drug-likeness (QED) is 0.867. The average Bonchev–Trinajstić information content (AvgIpc) is 2.76. The fraction of sp³-hybridized carbons (Fsp3) is 0.364. The van der Waals surface area contributed by atoms with Crippen molar-refractivity contribution in [3.63, 3.8) is 0 Å². The van der Waals surface area contributed by atoms with Crippen LogP contribution < -0.4 is 5.73 Å². The van der Waals surface area contributed by atoms with E-state index >= 15 is 0 Å². The van der Waals surface area contributed by atoms with Gasteiger partial charge in [0.05, 0.1) is 16.5 Å². The fourth-order valence-electron chi connectivity index (χ4n) is 1.85. The molecule has 1 aliphatic rings. The highest BCUT2D eigenvalue weighted by Crippen LogP contribution is 2.20. The Kier molecular flexibility index (Phi) is 4.71. The first-order valence-electron chi connectivity index (χ1n) is 5.30. The second kappa shape index (κ2) is 5.67. The van der Waals surface area contributed by atoms with Gasteiger partial charge in [0.25, 0.3) is 0 Å². The molecule has 5 nitrogen and oxygen atoms in total. The standard InChI is InChI=1S/C11H13N3O2S.ClH/c12-7-9-2-1-3-11(6-9)17(15,16)14-5-4-10(13)8-14;/h1-3,6,10H,4-5,8,13H2;1H/t10-;/m1./s1. The van der Waals surface area contributed by atoms with Crippen molar-refractivity contribution in [2.24, 2.45) is 5.73 Å². The van der Waals surface area contributed by atoms with Crippen LogP contribution in [-0.2, 0) is 10.0 Å². The van der Waals surface area contributed by atoms with Gasteiger partial charge in [0.15, 0.2) is 0 Å². The molecule has 2 rings (SSSR count). The summed E-state index contributed by atoms with van der Waals surface area (Å²) < 4.78 is 25.8. The van der Waals surface area contributed by atoms with Crippen LogP contribution >= 0.6 is 12.4 Å². The van der Waals surface area contributed by atoms with Crippen molar-refractivity contribution in [3.8, 4) is 6.07 Å². The zero-order valence-electron chi connectivity index (χ0n) is 9.61. The number of hydrogen-bond acceptors (Lipinski definition) is 4. The summed E-state index contributed by atoms with van der Waals surface area (Å²) in [5, 5.41) is 8.76. The van der Waals surface area contributed by atoms with E-state index in [2.05, 4.69) is 0 Å². The molecule has 1 aliphatic heterocycles. The van der Waals surface area contributed by atoms with Gasteiger partial charge in [0, 0.05) is 19.1 Å². The highest BCUT2D eigenvalue weighted by molar-refractivity contribution is 7.89. The molecule has 1 heterocycles. The van der Waals surface area contributed by atoms with E-state index in [1.165, 1.54) is 16.4 Å². The van der Waals surface area contributed by atoms with Crippen LogP contribution in [0, 0.1) is 11.3 Å². The van der Waals surface area contributed by atoms with E-state index in [0.29, 0.717) is 25.1 Å². The van der Waals surface area contributed by atoms with E-state index in [4.69, 9.17) is 11.0 Å².